The van der Waals surface area contributed by atoms with Crippen molar-refractivity contribution in [1.82, 2.24) is 14.8 Å². The van der Waals surface area contributed by atoms with Crippen molar-refractivity contribution in [3.05, 3.63) is 102 Å². The molecule has 0 unspecified atom stereocenters. The Bertz CT molecular complexity index is 1620. The molecule has 2 aromatic carbocycles. The fourth-order valence-corrected chi connectivity index (χ4v) is 4.81. The molecule has 0 spiro atoms. The largest absolute Gasteiger partial charge is 0.264 e. The zero-order valence-corrected chi connectivity index (χ0v) is 19.3. The first-order chi connectivity index (χ1) is 16.5. The average Bonchev–Trinajstić information content (AvgIpc) is 3.59. The summed E-state index contributed by atoms with van der Waals surface area (Å²) in [6.07, 6.45) is 12.8. The van der Waals surface area contributed by atoms with E-state index in [1.54, 1.807) is 41.7 Å². The van der Waals surface area contributed by atoms with Crippen molar-refractivity contribution in [3.63, 3.8) is 0 Å². The van der Waals surface area contributed by atoms with E-state index >= 15 is 0 Å². The lowest BCUT2D eigenvalue weighted by Crippen LogP contribution is -2.21. The van der Waals surface area contributed by atoms with Crippen LogP contribution >= 0.6 is 0 Å². The predicted octanol–water partition coefficient (Wildman–Crippen LogP) is 4.65. The van der Waals surface area contributed by atoms with Crippen molar-refractivity contribution in [1.29, 1.82) is 0 Å². The van der Waals surface area contributed by atoms with Crippen molar-refractivity contribution in [3.8, 4) is 5.69 Å². The number of aromatic nitrogens is 3. The lowest BCUT2D eigenvalue weighted by atomic mass is 10.0. The van der Waals surface area contributed by atoms with E-state index in [1.165, 1.54) is 11.8 Å². The number of hydrogen-bond donors (Lipinski definition) is 0. The summed E-state index contributed by atoms with van der Waals surface area (Å²) >= 11 is 0. The number of pyridine rings is 1. The van der Waals surface area contributed by atoms with Crippen molar-refractivity contribution >= 4 is 32.0 Å². The number of fused-ring (bicyclic) bond motifs is 1. The normalized spacial score (nSPS) is 15.7. The van der Waals surface area contributed by atoms with E-state index in [0.29, 0.717) is 0 Å². The highest BCUT2D eigenvalue weighted by atomic mass is 32.2. The topological polar surface area (TPSA) is 80.5 Å². The molecule has 168 valence electrons. The molecule has 3 heterocycles. The van der Waals surface area contributed by atoms with E-state index in [9.17, 15) is 8.42 Å². The van der Waals surface area contributed by atoms with E-state index in [2.05, 4.69) is 16.2 Å². The Hall–Kier alpha value is -4.04. The summed E-state index contributed by atoms with van der Waals surface area (Å²) in [5.74, 6) is 0. The summed E-state index contributed by atoms with van der Waals surface area (Å²) in [6, 6.07) is 16.8. The Kier molecular flexibility index (Phi) is 4.70. The third-order valence-electron chi connectivity index (χ3n) is 6.03. The standard InChI is InChI=1S/C26H21N5O2S/c1-34(32,33)21-9-7-20(8-10-21)30-16-13-23(18-5-6-18)26(29-30)25-12-15-28-31(25)24-4-2-3-19-17-27-14-11-22(19)24/h2-4,7-17H,5-6H2,1H3. The van der Waals surface area contributed by atoms with Gasteiger partial charge in [0.05, 0.1) is 28.2 Å². The van der Waals surface area contributed by atoms with Crippen LogP contribution < -0.4 is 5.01 Å². The smallest absolute Gasteiger partial charge is 0.175 e. The average molecular weight is 468 g/mol. The second kappa shape index (κ2) is 7.78. The minimum absolute atomic E-state index is 0.283. The first-order valence-electron chi connectivity index (χ1n) is 11.0. The Morgan fingerprint density at radius 2 is 1.76 bits per heavy atom. The van der Waals surface area contributed by atoms with Gasteiger partial charge in [-0.1, -0.05) is 17.7 Å². The van der Waals surface area contributed by atoms with Gasteiger partial charge in [-0.15, -0.1) is 0 Å². The quantitative estimate of drug-likeness (QED) is 0.436. The summed E-state index contributed by atoms with van der Waals surface area (Å²) in [6.45, 7) is 0. The third kappa shape index (κ3) is 3.62. The molecule has 0 saturated heterocycles. The Labute approximate surface area is 197 Å². The molecule has 7 nitrogen and oxygen atoms in total. The molecule has 34 heavy (non-hydrogen) atoms. The molecule has 0 bridgehead atoms. The molecular formula is C26H21N5O2S. The number of sulfone groups is 1. The lowest BCUT2D eigenvalue weighted by Gasteiger charge is -2.23. The van der Waals surface area contributed by atoms with Gasteiger partial charge in [-0.05, 0) is 61.4 Å². The van der Waals surface area contributed by atoms with Gasteiger partial charge in [0.1, 0.15) is 5.71 Å². The van der Waals surface area contributed by atoms with Gasteiger partial charge in [-0.3, -0.25) is 4.98 Å². The lowest BCUT2D eigenvalue weighted by molar-refractivity contribution is 0.602. The van der Waals surface area contributed by atoms with Crippen LogP contribution in [0, 0.1) is 0 Å². The summed E-state index contributed by atoms with van der Waals surface area (Å²) in [4.78, 5) is 4.52. The van der Waals surface area contributed by atoms with Gasteiger partial charge in [0.15, 0.2) is 9.84 Å². The highest BCUT2D eigenvalue weighted by Crippen LogP contribution is 2.36. The van der Waals surface area contributed by atoms with Crippen molar-refractivity contribution < 1.29 is 8.42 Å². The molecule has 4 aromatic rings. The summed E-state index contributed by atoms with van der Waals surface area (Å²) in [5, 5.41) is 13.5. The van der Waals surface area contributed by atoms with Gasteiger partial charge in [0.25, 0.3) is 0 Å². The summed E-state index contributed by atoms with van der Waals surface area (Å²) < 4.78 is 25.6. The number of hydrazone groups is 1. The number of rotatable bonds is 4. The SMILES string of the molecule is CS(=O)(=O)c1ccc(N2C=CC(=C3CC3)C(c3ccnn3-c3cccc4cnccc34)=N2)cc1. The van der Waals surface area contributed by atoms with Crippen LogP contribution in [0.1, 0.15) is 18.5 Å². The first-order valence-corrected chi connectivity index (χ1v) is 12.8. The Morgan fingerprint density at radius 1 is 0.941 bits per heavy atom. The minimum Gasteiger partial charge on any atom is -0.264 e. The molecule has 8 heteroatoms. The van der Waals surface area contributed by atoms with E-state index in [0.717, 1.165) is 52.0 Å². The van der Waals surface area contributed by atoms with Crippen LogP contribution in [0.15, 0.2) is 107 Å². The third-order valence-corrected chi connectivity index (χ3v) is 7.16. The van der Waals surface area contributed by atoms with Gasteiger partial charge >= 0.3 is 0 Å². The highest BCUT2D eigenvalue weighted by molar-refractivity contribution is 7.90. The van der Waals surface area contributed by atoms with E-state index in [1.807, 2.05) is 47.4 Å². The molecular weight excluding hydrogens is 446 g/mol. The fraction of sp³-hybridized carbons (Fsp3) is 0.115. The minimum atomic E-state index is -3.26. The van der Waals surface area contributed by atoms with Crippen molar-refractivity contribution in [2.45, 2.75) is 17.7 Å². The second-order valence-corrected chi connectivity index (χ2v) is 10.4. The van der Waals surface area contributed by atoms with Crippen LogP contribution in [-0.2, 0) is 9.84 Å². The monoisotopic (exact) mass is 467 g/mol. The summed E-state index contributed by atoms with van der Waals surface area (Å²) in [7, 11) is -3.26. The fourth-order valence-electron chi connectivity index (χ4n) is 4.18. The predicted molar refractivity (Wildman–Crippen MR) is 133 cm³/mol. The van der Waals surface area contributed by atoms with Crippen molar-refractivity contribution in [2.24, 2.45) is 5.10 Å². The van der Waals surface area contributed by atoms with Gasteiger partial charge in [0.2, 0.25) is 0 Å². The van der Waals surface area contributed by atoms with Gasteiger partial charge in [-0.2, -0.15) is 10.2 Å². The van der Waals surface area contributed by atoms with Crippen LogP contribution in [-0.4, -0.2) is 35.1 Å². The van der Waals surface area contributed by atoms with E-state index < -0.39 is 9.84 Å². The number of hydrogen-bond acceptors (Lipinski definition) is 6. The highest BCUT2D eigenvalue weighted by Gasteiger charge is 2.27. The van der Waals surface area contributed by atoms with Crippen LogP contribution in [0.4, 0.5) is 5.69 Å². The van der Waals surface area contributed by atoms with Crippen LogP contribution in [0.2, 0.25) is 0 Å². The number of allylic oxidation sites excluding steroid dienone is 3. The molecule has 1 saturated carbocycles. The summed E-state index contributed by atoms with van der Waals surface area (Å²) in [5.41, 5.74) is 5.96. The zero-order chi connectivity index (χ0) is 23.3. The second-order valence-electron chi connectivity index (χ2n) is 8.39. The number of benzene rings is 2. The van der Waals surface area contributed by atoms with Crippen LogP contribution in [0.25, 0.3) is 16.5 Å². The van der Waals surface area contributed by atoms with Crippen molar-refractivity contribution in [2.75, 3.05) is 11.3 Å². The van der Waals surface area contributed by atoms with E-state index in [4.69, 9.17) is 5.10 Å². The Balaban J connectivity index is 1.47. The van der Waals surface area contributed by atoms with Crippen LogP contribution in [0.3, 0.4) is 0 Å². The molecule has 0 radical (unpaired) electrons. The van der Waals surface area contributed by atoms with Gasteiger partial charge in [-0.25, -0.2) is 18.1 Å². The molecule has 2 aromatic heterocycles. The first kappa shape index (κ1) is 20.6. The molecule has 0 amide bonds. The van der Waals surface area contributed by atoms with Gasteiger partial charge < -0.3 is 0 Å². The molecule has 0 N–H and O–H groups in total. The maximum atomic E-state index is 11.8. The number of nitrogens with zero attached hydrogens (tertiary/aromatic N) is 5. The van der Waals surface area contributed by atoms with Gasteiger partial charge in [0, 0.05) is 41.2 Å². The Morgan fingerprint density at radius 3 is 2.53 bits per heavy atom. The molecule has 1 fully saturated rings. The maximum absolute atomic E-state index is 11.8. The molecule has 1 aliphatic carbocycles. The number of anilines is 1. The molecule has 0 atom stereocenters. The zero-order valence-electron chi connectivity index (χ0n) is 18.5. The maximum Gasteiger partial charge on any atom is 0.175 e. The molecule has 1 aliphatic heterocycles. The van der Waals surface area contributed by atoms with E-state index in [-0.39, 0.29) is 4.90 Å². The molecule has 6 rings (SSSR count). The molecule has 2 aliphatic rings. The van der Waals surface area contributed by atoms with Crippen LogP contribution in [0.5, 0.6) is 0 Å².